The van der Waals surface area contributed by atoms with Crippen LogP contribution in [-0.4, -0.2) is 15.0 Å². The molecule has 0 unspecified atom stereocenters. The lowest BCUT2D eigenvalue weighted by Crippen LogP contribution is -1.93. The molecule has 0 spiro atoms. The van der Waals surface area contributed by atoms with Gasteiger partial charge in [-0.2, -0.15) is 0 Å². The van der Waals surface area contributed by atoms with E-state index >= 15 is 0 Å². The number of pyridine rings is 3. The van der Waals surface area contributed by atoms with E-state index < -0.39 is 0 Å². The van der Waals surface area contributed by atoms with Crippen LogP contribution in [0.25, 0.3) is 123 Å². The highest BCUT2D eigenvalue weighted by molar-refractivity contribution is 5.94. The minimum atomic E-state index is 0.932. The van der Waals surface area contributed by atoms with Crippen molar-refractivity contribution < 1.29 is 0 Å². The summed E-state index contributed by atoms with van der Waals surface area (Å²) in [5, 5.41) is 0. The molecule has 0 atom stereocenters. The lowest BCUT2D eigenvalue weighted by molar-refractivity contribution is 1.32. The van der Waals surface area contributed by atoms with E-state index in [2.05, 4.69) is 261 Å². The molecule has 3 aromatic heterocycles. The van der Waals surface area contributed by atoms with Crippen LogP contribution in [0.4, 0.5) is 0 Å². The van der Waals surface area contributed by atoms with Gasteiger partial charge in [0, 0.05) is 52.0 Å². The Morgan fingerprint density at radius 3 is 0.722 bits per heavy atom. The molecule has 0 saturated carbocycles. The first-order chi connectivity index (χ1) is 35.7. The van der Waals surface area contributed by atoms with Gasteiger partial charge in [-0.1, -0.05) is 218 Å². The highest BCUT2D eigenvalue weighted by Crippen LogP contribution is 2.43. The maximum Gasteiger partial charge on any atom is 0.0702 e. The van der Waals surface area contributed by atoms with Crippen molar-refractivity contribution >= 4 is 0 Å². The summed E-state index contributed by atoms with van der Waals surface area (Å²) in [6, 6.07) is 94.6. The van der Waals surface area contributed by atoms with Gasteiger partial charge in [0.2, 0.25) is 0 Å². The molecule has 0 bridgehead atoms. The Kier molecular flexibility index (Phi) is 12.0. The summed E-state index contributed by atoms with van der Waals surface area (Å²) in [5.74, 6) is 0. The first kappa shape index (κ1) is 43.7. The molecule has 0 amide bonds. The van der Waals surface area contributed by atoms with E-state index in [0.29, 0.717) is 0 Å². The molecular formula is C69H47N3. The largest absolute Gasteiger partial charge is 0.256 e. The molecule has 0 radical (unpaired) electrons. The maximum absolute atomic E-state index is 5.07. The van der Waals surface area contributed by atoms with Crippen LogP contribution in [0.3, 0.4) is 0 Å². The monoisotopic (exact) mass is 917 g/mol. The van der Waals surface area contributed by atoms with Crippen molar-refractivity contribution in [1.82, 2.24) is 15.0 Å². The topological polar surface area (TPSA) is 38.7 Å². The summed E-state index contributed by atoms with van der Waals surface area (Å²) in [6.07, 6.45) is 6.03. The van der Waals surface area contributed by atoms with E-state index in [4.69, 9.17) is 15.0 Å². The van der Waals surface area contributed by atoms with E-state index in [-0.39, 0.29) is 0 Å². The quantitative estimate of drug-likeness (QED) is 0.130. The van der Waals surface area contributed by atoms with Crippen molar-refractivity contribution in [2.45, 2.75) is 0 Å². The van der Waals surface area contributed by atoms with Crippen LogP contribution in [0.15, 0.2) is 286 Å². The SMILES string of the molecule is c1ccc(-c2cccc(-c3ccc(-c4ccccc4-c4cc(-c5ccccc5-c5ccc(-c6ccccc6)nc5)cc(-c5ccccc5-c5ccc(-c6cccc(-c7ccccc7)c6)nc5)c4)cn3)c2)cc1. The molecule has 0 aliphatic heterocycles. The molecule has 9 aromatic carbocycles. The van der Waals surface area contributed by atoms with Gasteiger partial charge in [0.1, 0.15) is 0 Å². The molecule has 3 nitrogen and oxygen atoms in total. The molecule has 338 valence electrons. The van der Waals surface area contributed by atoms with Crippen molar-refractivity contribution in [3.05, 3.63) is 286 Å². The van der Waals surface area contributed by atoms with Gasteiger partial charge < -0.3 is 0 Å². The fraction of sp³-hybridized carbons (Fsp3) is 0. The second kappa shape index (κ2) is 19.8. The Bertz CT molecular complexity index is 3620. The van der Waals surface area contributed by atoms with Gasteiger partial charge in [0.15, 0.2) is 0 Å². The zero-order valence-corrected chi connectivity index (χ0v) is 39.5. The maximum atomic E-state index is 5.07. The summed E-state index contributed by atoms with van der Waals surface area (Å²) < 4.78 is 0. The molecule has 0 aliphatic rings. The first-order valence-corrected chi connectivity index (χ1v) is 24.4. The average molecular weight is 918 g/mol. The zero-order valence-electron chi connectivity index (χ0n) is 39.5. The van der Waals surface area contributed by atoms with E-state index in [0.717, 1.165) is 101 Å². The van der Waals surface area contributed by atoms with Crippen LogP contribution in [-0.2, 0) is 0 Å². The Morgan fingerprint density at radius 1 is 0.153 bits per heavy atom. The lowest BCUT2D eigenvalue weighted by Gasteiger charge is -2.18. The molecule has 0 saturated heterocycles. The van der Waals surface area contributed by atoms with Crippen molar-refractivity contribution in [3.8, 4) is 123 Å². The van der Waals surface area contributed by atoms with Crippen LogP contribution < -0.4 is 0 Å². The zero-order chi connectivity index (χ0) is 48.1. The Balaban J connectivity index is 0.956. The van der Waals surface area contributed by atoms with E-state index in [1.165, 1.54) is 22.3 Å². The van der Waals surface area contributed by atoms with Gasteiger partial charge in [-0.15, -0.1) is 0 Å². The third kappa shape index (κ3) is 9.07. The molecule has 3 heteroatoms. The molecule has 0 fully saturated rings. The molecule has 0 N–H and O–H groups in total. The predicted octanol–water partition coefficient (Wildman–Crippen LogP) is 18.2. The van der Waals surface area contributed by atoms with Crippen molar-refractivity contribution in [2.75, 3.05) is 0 Å². The summed E-state index contributed by atoms with van der Waals surface area (Å²) in [5.41, 5.74) is 23.9. The summed E-state index contributed by atoms with van der Waals surface area (Å²) in [6.45, 7) is 0. The van der Waals surface area contributed by atoms with Gasteiger partial charge >= 0.3 is 0 Å². The molecule has 3 heterocycles. The second-order valence-electron chi connectivity index (χ2n) is 18.0. The number of nitrogens with zero attached hydrogens (tertiary/aromatic N) is 3. The fourth-order valence-electron chi connectivity index (χ4n) is 9.81. The van der Waals surface area contributed by atoms with Gasteiger partial charge in [-0.25, -0.2) is 0 Å². The smallest absolute Gasteiger partial charge is 0.0702 e. The third-order valence-electron chi connectivity index (χ3n) is 13.5. The number of benzene rings is 9. The van der Waals surface area contributed by atoms with Crippen LogP contribution in [0, 0.1) is 0 Å². The van der Waals surface area contributed by atoms with Gasteiger partial charge in [0.25, 0.3) is 0 Å². The average Bonchev–Trinajstić information content (AvgIpc) is 3.48. The second-order valence-corrected chi connectivity index (χ2v) is 18.0. The number of hydrogen-bond donors (Lipinski definition) is 0. The normalized spacial score (nSPS) is 11.1. The highest BCUT2D eigenvalue weighted by Gasteiger charge is 2.17. The van der Waals surface area contributed by atoms with E-state index in [1.54, 1.807) is 0 Å². The van der Waals surface area contributed by atoms with Crippen molar-refractivity contribution in [3.63, 3.8) is 0 Å². The highest BCUT2D eigenvalue weighted by atomic mass is 14.7. The number of aromatic nitrogens is 3. The van der Waals surface area contributed by atoms with Crippen LogP contribution in [0.1, 0.15) is 0 Å². The van der Waals surface area contributed by atoms with Gasteiger partial charge in [-0.05, 0) is 121 Å². The third-order valence-corrected chi connectivity index (χ3v) is 13.5. The Labute approximate surface area is 421 Å². The van der Waals surface area contributed by atoms with Crippen LogP contribution in [0.5, 0.6) is 0 Å². The van der Waals surface area contributed by atoms with Crippen molar-refractivity contribution in [1.29, 1.82) is 0 Å². The standard InChI is InChI=1S/C69H47N3/c1-4-18-48(19-5-1)51-24-16-26-53(40-51)68-38-35-56(46-71-68)62-29-11-14-32-65(62)59-42-58(64-31-13-10-28-61(64)55-34-37-67(70-45-55)50-22-8-3-9-23-50)43-60(44-59)66-33-15-12-30-63(66)57-36-39-69(72-47-57)54-27-17-25-52(41-54)49-20-6-2-7-21-49/h1-47H. The number of hydrogen-bond acceptors (Lipinski definition) is 3. The fourth-order valence-corrected chi connectivity index (χ4v) is 9.81. The molecule has 72 heavy (non-hydrogen) atoms. The number of rotatable bonds is 11. The minimum Gasteiger partial charge on any atom is -0.256 e. The Hall–Kier alpha value is -9.57. The molecule has 12 rings (SSSR count). The molecule has 12 aromatic rings. The van der Waals surface area contributed by atoms with E-state index in [1.807, 2.05) is 24.7 Å². The first-order valence-electron chi connectivity index (χ1n) is 24.4. The molecule has 0 aliphatic carbocycles. The van der Waals surface area contributed by atoms with Crippen molar-refractivity contribution in [2.24, 2.45) is 0 Å². The summed E-state index contributed by atoms with van der Waals surface area (Å²) in [7, 11) is 0. The Morgan fingerprint density at radius 2 is 0.403 bits per heavy atom. The minimum absolute atomic E-state index is 0.932. The van der Waals surface area contributed by atoms with Crippen LogP contribution >= 0.6 is 0 Å². The summed E-state index contributed by atoms with van der Waals surface area (Å²) >= 11 is 0. The van der Waals surface area contributed by atoms with Crippen LogP contribution in [0.2, 0.25) is 0 Å². The van der Waals surface area contributed by atoms with E-state index in [9.17, 15) is 0 Å². The summed E-state index contributed by atoms with van der Waals surface area (Å²) in [4.78, 5) is 15.1. The predicted molar refractivity (Wildman–Crippen MR) is 300 cm³/mol. The van der Waals surface area contributed by atoms with Gasteiger partial charge in [0.05, 0.1) is 17.1 Å². The molecular weight excluding hydrogens is 871 g/mol. The lowest BCUT2D eigenvalue weighted by atomic mass is 9.86. The van der Waals surface area contributed by atoms with Gasteiger partial charge in [-0.3, -0.25) is 15.0 Å².